The molecular weight excluding hydrogens is 292 g/mol. The van der Waals surface area contributed by atoms with E-state index in [2.05, 4.69) is 5.32 Å². The number of thiocarbonyl (C=S) groups is 1. The Morgan fingerprint density at radius 2 is 1.80 bits per heavy atom. The van der Waals surface area contributed by atoms with E-state index in [0.29, 0.717) is 22.1 Å². The number of carbonyl (C=O) groups excluding carboxylic acids is 1. The summed E-state index contributed by atoms with van der Waals surface area (Å²) in [6.07, 6.45) is 0. The van der Waals surface area contributed by atoms with Crippen LogP contribution >= 0.6 is 23.8 Å². The standard InChI is InChI=1S/C15H13ClN2OS/c16-13-3-1-2-10(8-13)9-18-15(19)12-6-4-11(5-7-12)14(17)20/h1-8H,9H2,(H2,17,20)(H,18,19). The molecule has 0 atom stereocenters. The van der Waals surface area contributed by atoms with E-state index >= 15 is 0 Å². The van der Waals surface area contributed by atoms with E-state index in [1.54, 1.807) is 30.3 Å². The van der Waals surface area contributed by atoms with Gasteiger partial charge in [0.25, 0.3) is 5.91 Å². The van der Waals surface area contributed by atoms with Crippen LogP contribution in [0, 0.1) is 0 Å². The van der Waals surface area contributed by atoms with Gasteiger partial charge in [-0.25, -0.2) is 0 Å². The zero-order valence-corrected chi connectivity index (χ0v) is 12.2. The van der Waals surface area contributed by atoms with Gasteiger partial charge in [-0.2, -0.15) is 0 Å². The molecule has 0 bridgehead atoms. The second-order valence-corrected chi connectivity index (χ2v) is 5.13. The van der Waals surface area contributed by atoms with Gasteiger partial charge < -0.3 is 11.1 Å². The van der Waals surface area contributed by atoms with E-state index in [1.807, 2.05) is 18.2 Å². The zero-order chi connectivity index (χ0) is 14.5. The van der Waals surface area contributed by atoms with Crippen LogP contribution in [0.1, 0.15) is 21.5 Å². The third-order valence-corrected chi connectivity index (χ3v) is 3.24. The molecule has 5 heteroatoms. The quantitative estimate of drug-likeness (QED) is 0.854. The van der Waals surface area contributed by atoms with Crippen LogP contribution in [-0.2, 0) is 6.54 Å². The van der Waals surface area contributed by atoms with Crippen LogP contribution in [0.4, 0.5) is 0 Å². The molecule has 102 valence electrons. The van der Waals surface area contributed by atoms with Crippen molar-refractivity contribution in [3.63, 3.8) is 0 Å². The summed E-state index contributed by atoms with van der Waals surface area (Å²) in [4.78, 5) is 12.3. The molecular formula is C15H13ClN2OS. The third-order valence-electron chi connectivity index (χ3n) is 2.77. The van der Waals surface area contributed by atoms with Gasteiger partial charge in [0.15, 0.2) is 0 Å². The van der Waals surface area contributed by atoms with Crippen molar-refractivity contribution in [2.45, 2.75) is 6.54 Å². The highest BCUT2D eigenvalue weighted by Crippen LogP contribution is 2.11. The van der Waals surface area contributed by atoms with Crippen molar-refractivity contribution in [2.24, 2.45) is 5.73 Å². The van der Waals surface area contributed by atoms with Gasteiger partial charge >= 0.3 is 0 Å². The van der Waals surface area contributed by atoms with E-state index in [4.69, 9.17) is 29.6 Å². The molecule has 1 amide bonds. The Hall–Kier alpha value is -1.91. The van der Waals surface area contributed by atoms with Crippen LogP contribution in [0.2, 0.25) is 5.02 Å². The number of hydrogen-bond donors (Lipinski definition) is 2. The molecule has 0 saturated heterocycles. The molecule has 0 spiro atoms. The highest BCUT2D eigenvalue weighted by molar-refractivity contribution is 7.80. The summed E-state index contributed by atoms with van der Waals surface area (Å²) in [5.74, 6) is -0.153. The smallest absolute Gasteiger partial charge is 0.251 e. The first-order valence-corrected chi connectivity index (χ1v) is 6.77. The van der Waals surface area contributed by atoms with Crippen LogP contribution in [0.3, 0.4) is 0 Å². The molecule has 3 nitrogen and oxygen atoms in total. The van der Waals surface area contributed by atoms with Gasteiger partial charge in [-0.15, -0.1) is 0 Å². The van der Waals surface area contributed by atoms with Gasteiger partial charge in [0.05, 0.1) is 0 Å². The minimum atomic E-state index is -0.153. The predicted octanol–water partition coefficient (Wildman–Crippen LogP) is 2.90. The molecule has 0 fully saturated rings. The van der Waals surface area contributed by atoms with Crippen LogP contribution < -0.4 is 11.1 Å². The summed E-state index contributed by atoms with van der Waals surface area (Å²) in [5.41, 5.74) is 7.76. The maximum Gasteiger partial charge on any atom is 0.251 e. The van der Waals surface area contributed by atoms with E-state index in [-0.39, 0.29) is 5.91 Å². The van der Waals surface area contributed by atoms with Gasteiger partial charge in [0.2, 0.25) is 0 Å². The first-order chi connectivity index (χ1) is 9.56. The van der Waals surface area contributed by atoms with E-state index in [9.17, 15) is 4.79 Å². The molecule has 0 radical (unpaired) electrons. The summed E-state index contributed by atoms with van der Waals surface area (Å²) in [6, 6.07) is 14.2. The van der Waals surface area contributed by atoms with E-state index in [0.717, 1.165) is 11.1 Å². The molecule has 0 heterocycles. The highest BCUT2D eigenvalue weighted by atomic mass is 35.5. The number of halogens is 1. The van der Waals surface area contributed by atoms with E-state index < -0.39 is 0 Å². The lowest BCUT2D eigenvalue weighted by Crippen LogP contribution is -2.22. The summed E-state index contributed by atoms with van der Waals surface area (Å²) in [6.45, 7) is 0.427. The molecule has 0 saturated carbocycles. The van der Waals surface area contributed by atoms with E-state index in [1.165, 1.54) is 0 Å². The number of amides is 1. The molecule has 0 unspecified atom stereocenters. The predicted molar refractivity (Wildman–Crippen MR) is 85.0 cm³/mol. The molecule has 2 aromatic carbocycles. The minimum absolute atomic E-state index is 0.153. The summed E-state index contributed by atoms with van der Waals surface area (Å²) >= 11 is 10.8. The van der Waals surface area contributed by atoms with Crippen molar-refractivity contribution < 1.29 is 4.79 Å². The lowest BCUT2D eigenvalue weighted by molar-refractivity contribution is 0.0951. The molecule has 20 heavy (non-hydrogen) atoms. The number of nitrogens with one attached hydrogen (secondary N) is 1. The second-order valence-electron chi connectivity index (χ2n) is 4.25. The number of hydrogen-bond acceptors (Lipinski definition) is 2. The fourth-order valence-electron chi connectivity index (χ4n) is 1.72. The molecule has 3 N–H and O–H groups in total. The Balaban J connectivity index is 1.99. The van der Waals surface area contributed by atoms with Gasteiger partial charge in [0, 0.05) is 22.7 Å². The average molecular weight is 305 g/mol. The monoisotopic (exact) mass is 304 g/mol. The van der Waals surface area contributed by atoms with Gasteiger partial charge in [-0.3, -0.25) is 4.79 Å². The van der Waals surface area contributed by atoms with Crippen molar-refractivity contribution in [3.05, 3.63) is 70.2 Å². The third kappa shape index (κ3) is 3.79. The Morgan fingerprint density at radius 3 is 2.40 bits per heavy atom. The maximum atomic E-state index is 12.0. The van der Waals surface area contributed by atoms with Crippen molar-refractivity contribution in [1.82, 2.24) is 5.32 Å². The van der Waals surface area contributed by atoms with Crippen LogP contribution in [0.25, 0.3) is 0 Å². The van der Waals surface area contributed by atoms with Gasteiger partial charge in [0.1, 0.15) is 4.99 Å². The maximum absolute atomic E-state index is 12.0. The molecule has 2 rings (SSSR count). The fraction of sp³-hybridized carbons (Fsp3) is 0.0667. The van der Waals surface area contributed by atoms with Crippen LogP contribution in [0.5, 0.6) is 0 Å². The second kappa shape index (κ2) is 6.50. The first kappa shape index (κ1) is 14.5. The number of benzene rings is 2. The van der Waals surface area contributed by atoms with Crippen LogP contribution in [0.15, 0.2) is 48.5 Å². The molecule has 0 aromatic heterocycles. The zero-order valence-electron chi connectivity index (χ0n) is 10.6. The molecule has 0 aliphatic rings. The topological polar surface area (TPSA) is 55.1 Å². The van der Waals surface area contributed by atoms with Crippen molar-refractivity contribution in [2.75, 3.05) is 0 Å². The molecule has 0 aliphatic carbocycles. The Kier molecular flexibility index (Phi) is 4.71. The Bertz CT molecular complexity index is 641. The Labute approximate surface area is 127 Å². The average Bonchev–Trinajstić information content (AvgIpc) is 2.45. The highest BCUT2D eigenvalue weighted by Gasteiger charge is 2.06. The summed E-state index contributed by atoms with van der Waals surface area (Å²) in [7, 11) is 0. The SMILES string of the molecule is NC(=S)c1ccc(C(=O)NCc2cccc(Cl)c2)cc1. The van der Waals surface area contributed by atoms with Crippen LogP contribution in [-0.4, -0.2) is 10.9 Å². The molecule has 0 aliphatic heterocycles. The molecule has 2 aromatic rings. The lowest BCUT2D eigenvalue weighted by atomic mass is 10.1. The number of carbonyl (C=O) groups is 1. The largest absolute Gasteiger partial charge is 0.389 e. The van der Waals surface area contributed by atoms with Gasteiger partial charge in [-0.05, 0) is 29.8 Å². The normalized spacial score (nSPS) is 10.1. The Morgan fingerprint density at radius 1 is 1.15 bits per heavy atom. The number of rotatable bonds is 4. The lowest BCUT2D eigenvalue weighted by Gasteiger charge is -2.06. The number of nitrogens with two attached hydrogens (primary N) is 1. The summed E-state index contributed by atoms with van der Waals surface area (Å²) < 4.78 is 0. The first-order valence-electron chi connectivity index (χ1n) is 5.99. The fourth-order valence-corrected chi connectivity index (χ4v) is 2.07. The van der Waals surface area contributed by atoms with Crippen molar-refractivity contribution in [1.29, 1.82) is 0 Å². The summed E-state index contributed by atoms with van der Waals surface area (Å²) in [5, 5.41) is 3.48. The van der Waals surface area contributed by atoms with Gasteiger partial charge in [-0.1, -0.05) is 48.1 Å². The van der Waals surface area contributed by atoms with Crippen molar-refractivity contribution >= 4 is 34.7 Å². The minimum Gasteiger partial charge on any atom is -0.389 e. The van der Waals surface area contributed by atoms with Crippen molar-refractivity contribution in [3.8, 4) is 0 Å².